The summed E-state index contributed by atoms with van der Waals surface area (Å²) >= 11 is 0. The van der Waals surface area contributed by atoms with Crippen LogP contribution in [0.25, 0.3) is 0 Å². The Morgan fingerprint density at radius 2 is 1.58 bits per heavy atom. The summed E-state index contributed by atoms with van der Waals surface area (Å²) in [5.74, 6) is -0.709. The van der Waals surface area contributed by atoms with E-state index >= 15 is 0 Å². The van der Waals surface area contributed by atoms with Gasteiger partial charge in [0.25, 0.3) is 0 Å². The molecular weight excluding hydrogens is 242 g/mol. The van der Waals surface area contributed by atoms with Gasteiger partial charge < -0.3 is 14.7 Å². The molecule has 0 aromatic heterocycles. The van der Waals surface area contributed by atoms with Gasteiger partial charge >= 0.3 is 5.97 Å². The van der Waals surface area contributed by atoms with E-state index < -0.39 is 5.97 Å². The predicted octanol–water partition coefficient (Wildman–Crippen LogP) is 3.16. The van der Waals surface area contributed by atoms with Crippen molar-refractivity contribution in [3.63, 3.8) is 0 Å². The van der Waals surface area contributed by atoms with Crippen LogP contribution in [-0.2, 0) is 9.53 Å². The number of ether oxygens (including phenoxy) is 1. The molecule has 0 amide bonds. The number of nitrogens with zero attached hydrogens (tertiary/aromatic N) is 1. The van der Waals surface area contributed by atoms with E-state index in [1.54, 1.807) is 0 Å². The van der Waals surface area contributed by atoms with Crippen molar-refractivity contribution in [1.82, 2.24) is 4.90 Å². The minimum Gasteiger partial charge on any atom is -0.481 e. The third-order valence-corrected chi connectivity index (χ3v) is 3.13. The highest BCUT2D eigenvalue weighted by Crippen LogP contribution is 2.01. The summed E-state index contributed by atoms with van der Waals surface area (Å²) in [6, 6.07) is 0. The highest BCUT2D eigenvalue weighted by atomic mass is 16.5. The molecule has 0 fully saturated rings. The minimum atomic E-state index is -0.709. The molecule has 0 heterocycles. The van der Waals surface area contributed by atoms with Crippen molar-refractivity contribution >= 4 is 5.97 Å². The van der Waals surface area contributed by atoms with Gasteiger partial charge in [-0.1, -0.05) is 33.1 Å². The second-order valence-corrected chi connectivity index (χ2v) is 5.01. The van der Waals surface area contributed by atoms with E-state index in [0.717, 1.165) is 45.6 Å². The SMILES string of the molecule is CCCCCN(CCCOCCCC)CCC(=O)O. The number of hydrogen-bond donors (Lipinski definition) is 1. The molecule has 0 rings (SSSR count). The second kappa shape index (κ2) is 13.8. The van der Waals surface area contributed by atoms with E-state index in [2.05, 4.69) is 18.7 Å². The number of carboxylic acids is 1. The van der Waals surface area contributed by atoms with Gasteiger partial charge in [-0.2, -0.15) is 0 Å². The molecule has 0 spiro atoms. The summed E-state index contributed by atoms with van der Waals surface area (Å²) in [6.45, 7) is 8.60. The maximum absolute atomic E-state index is 10.6. The molecule has 1 N–H and O–H groups in total. The number of rotatable bonds is 14. The van der Waals surface area contributed by atoms with Crippen LogP contribution in [0.5, 0.6) is 0 Å². The van der Waals surface area contributed by atoms with E-state index in [4.69, 9.17) is 9.84 Å². The molecule has 0 aromatic carbocycles. The lowest BCUT2D eigenvalue weighted by Crippen LogP contribution is -2.29. The maximum atomic E-state index is 10.6. The van der Waals surface area contributed by atoms with Crippen LogP contribution in [0.15, 0.2) is 0 Å². The normalized spacial score (nSPS) is 11.1. The Morgan fingerprint density at radius 1 is 0.947 bits per heavy atom. The summed E-state index contributed by atoms with van der Waals surface area (Å²) in [7, 11) is 0. The molecule has 0 unspecified atom stereocenters. The monoisotopic (exact) mass is 273 g/mol. The van der Waals surface area contributed by atoms with Crippen LogP contribution in [-0.4, -0.2) is 48.8 Å². The first-order chi connectivity index (χ1) is 9.20. The first-order valence-corrected chi connectivity index (χ1v) is 7.72. The van der Waals surface area contributed by atoms with Gasteiger partial charge in [-0.25, -0.2) is 0 Å². The molecule has 0 radical (unpaired) electrons. The lowest BCUT2D eigenvalue weighted by Gasteiger charge is -2.21. The molecule has 0 aromatic rings. The average molecular weight is 273 g/mol. The maximum Gasteiger partial charge on any atom is 0.304 e. The summed E-state index contributed by atoms with van der Waals surface area (Å²) in [5.41, 5.74) is 0. The van der Waals surface area contributed by atoms with Crippen LogP contribution in [0.4, 0.5) is 0 Å². The van der Waals surface area contributed by atoms with Crippen molar-refractivity contribution in [3.8, 4) is 0 Å². The fourth-order valence-electron chi connectivity index (χ4n) is 1.91. The standard InChI is InChI=1S/C15H31NO3/c1-3-5-7-10-16(12-9-15(17)18)11-8-14-19-13-6-4-2/h3-14H2,1-2H3,(H,17,18). The molecule has 0 saturated heterocycles. The zero-order valence-corrected chi connectivity index (χ0v) is 12.7. The first kappa shape index (κ1) is 18.4. The van der Waals surface area contributed by atoms with Crippen molar-refractivity contribution in [2.45, 2.75) is 58.8 Å². The lowest BCUT2D eigenvalue weighted by molar-refractivity contribution is -0.137. The van der Waals surface area contributed by atoms with Crippen LogP contribution in [0.3, 0.4) is 0 Å². The quantitative estimate of drug-likeness (QED) is 0.494. The molecule has 0 aliphatic heterocycles. The molecule has 4 nitrogen and oxygen atoms in total. The first-order valence-electron chi connectivity index (χ1n) is 7.72. The molecule has 0 saturated carbocycles. The van der Waals surface area contributed by atoms with Crippen molar-refractivity contribution in [1.29, 1.82) is 0 Å². The van der Waals surface area contributed by atoms with Crippen LogP contribution < -0.4 is 0 Å². The van der Waals surface area contributed by atoms with Gasteiger partial charge in [0.05, 0.1) is 6.42 Å². The van der Waals surface area contributed by atoms with Crippen molar-refractivity contribution in [2.24, 2.45) is 0 Å². The second-order valence-electron chi connectivity index (χ2n) is 5.01. The highest BCUT2D eigenvalue weighted by Gasteiger charge is 2.07. The fraction of sp³-hybridized carbons (Fsp3) is 0.933. The van der Waals surface area contributed by atoms with Crippen LogP contribution >= 0.6 is 0 Å². The van der Waals surface area contributed by atoms with E-state index in [0.29, 0.717) is 6.54 Å². The van der Waals surface area contributed by atoms with Crippen molar-refractivity contribution in [3.05, 3.63) is 0 Å². The van der Waals surface area contributed by atoms with E-state index in [-0.39, 0.29) is 6.42 Å². The fourth-order valence-corrected chi connectivity index (χ4v) is 1.91. The Balaban J connectivity index is 3.67. The lowest BCUT2D eigenvalue weighted by atomic mass is 10.2. The van der Waals surface area contributed by atoms with Gasteiger partial charge in [0.2, 0.25) is 0 Å². The topological polar surface area (TPSA) is 49.8 Å². The van der Waals surface area contributed by atoms with Gasteiger partial charge in [-0.05, 0) is 25.8 Å². The number of aliphatic carboxylic acids is 1. The van der Waals surface area contributed by atoms with Crippen molar-refractivity contribution < 1.29 is 14.6 Å². The minimum absolute atomic E-state index is 0.239. The Kier molecular flexibility index (Phi) is 13.4. The van der Waals surface area contributed by atoms with Crippen LogP contribution in [0, 0.1) is 0 Å². The summed E-state index contributed by atoms with van der Waals surface area (Å²) in [5, 5.41) is 8.75. The Labute approximate surface area is 118 Å². The van der Waals surface area contributed by atoms with Gasteiger partial charge in [0.15, 0.2) is 0 Å². The smallest absolute Gasteiger partial charge is 0.304 e. The summed E-state index contributed by atoms with van der Waals surface area (Å²) in [4.78, 5) is 12.9. The summed E-state index contributed by atoms with van der Waals surface area (Å²) in [6.07, 6.45) is 7.11. The van der Waals surface area contributed by atoms with Gasteiger partial charge in [0, 0.05) is 26.3 Å². The zero-order chi connectivity index (χ0) is 14.3. The van der Waals surface area contributed by atoms with E-state index in [1.165, 1.54) is 19.3 Å². The number of carboxylic acid groups (broad SMARTS) is 1. The molecule has 0 aliphatic carbocycles. The van der Waals surface area contributed by atoms with Gasteiger partial charge in [-0.15, -0.1) is 0 Å². The molecule has 0 aliphatic rings. The largest absolute Gasteiger partial charge is 0.481 e. The van der Waals surface area contributed by atoms with E-state index in [9.17, 15) is 4.79 Å². The van der Waals surface area contributed by atoms with Gasteiger partial charge in [0.1, 0.15) is 0 Å². The third kappa shape index (κ3) is 13.6. The Morgan fingerprint density at radius 3 is 2.21 bits per heavy atom. The third-order valence-electron chi connectivity index (χ3n) is 3.13. The number of unbranched alkanes of at least 4 members (excludes halogenated alkanes) is 3. The Bertz CT molecular complexity index is 210. The summed E-state index contributed by atoms with van der Waals surface area (Å²) < 4.78 is 5.53. The molecule has 114 valence electrons. The van der Waals surface area contributed by atoms with Gasteiger partial charge in [-0.3, -0.25) is 4.79 Å². The highest BCUT2D eigenvalue weighted by molar-refractivity contribution is 5.66. The Hall–Kier alpha value is -0.610. The zero-order valence-electron chi connectivity index (χ0n) is 12.7. The van der Waals surface area contributed by atoms with Crippen LogP contribution in [0.2, 0.25) is 0 Å². The number of hydrogen-bond acceptors (Lipinski definition) is 3. The van der Waals surface area contributed by atoms with E-state index in [1.807, 2.05) is 0 Å². The molecule has 0 atom stereocenters. The predicted molar refractivity (Wildman–Crippen MR) is 78.6 cm³/mol. The molecule has 19 heavy (non-hydrogen) atoms. The molecular formula is C15H31NO3. The molecule has 0 bridgehead atoms. The average Bonchev–Trinajstić information content (AvgIpc) is 2.39. The molecule has 4 heteroatoms. The number of carbonyl (C=O) groups is 1. The van der Waals surface area contributed by atoms with Crippen molar-refractivity contribution in [2.75, 3.05) is 32.8 Å². The van der Waals surface area contributed by atoms with Crippen LogP contribution in [0.1, 0.15) is 58.8 Å².